The van der Waals surface area contributed by atoms with Crippen molar-refractivity contribution in [3.05, 3.63) is 34.2 Å². The molecule has 0 aliphatic carbocycles. The molecule has 0 radical (unpaired) electrons. The second-order valence-electron chi connectivity index (χ2n) is 4.21. The van der Waals surface area contributed by atoms with Crippen LogP contribution < -0.4 is 5.32 Å². The molecule has 0 aliphatic heterocycles. The Morgan fingerprint density at radius 3 is 2.89 bits per heavy atom. The zero-order valence-electron chi connectivity index (χ0n) is 10.5. The van der Waals surface area contributed by atoms with Crippen LogP contribution in [0.3, 0.4) is 0 Å². The minimum Gasteiger partial charge on any atom is -0.312 e. The fourth-order valence-electron chi connectivity index (χ4n) is 1.88. The minimum atomic E-state index is 0.886. The van der Waals surface area contributed by atoms with E-state index in [0.29, 0.717) is 0 Å². The zero-order valence-corrected chi connectivity index (χ0v) is 12.9. The molecule has 0 unspecified atom stereocenters. The average Bonchev–Trinajstić information content (AvgIpc) is 2.71. The number of unbranched alkanes of at least 4 members (excludes halogenated alkanes) is 1. The number of halogens is 1. The highest BCUT2D eigenvalue weighted by molar-refractivity contribution is 7.98. The fraction of sp³-hybridized carbons (Fsp3) is 0.429. The zero-order chi connectivity index (χ0) is 12.8. The summed E-state index contributed by atoms with van der Waals surface area (Å²) in [5, 5.41) is 5.59. The Bertz CT molecular complexity index is 495. The normalized spacial score (nSPS) is 11.2. The lowest BCUT2D eigenvalue weighted by Crippen LogP contribution is -2.14. The van der Waals surface area contributed by atoms with E-state index in [1.165, 1.54) is 33.6 Å². The summed E-state index contributed by atoms with van der Waals surface area (Å²) in [5.41, 5.74) is 0. The largest absolute Gasteiger partial charge is 0.312 e. The molecule has 98 valence electrons. The van der Waals surface area contributed by atoms with Crippen LogP contribution in [0.4, 0.5) is 0 Å². The third kappa shape index (κ3) is 3.64. The van der Waals surface area contributed by atoms with Gasteiger partial charge in [-0.05, 0) is 37.5 Å². The molecule has 1 aromatic heterocycles. The minimum absolute atomic E-state index is 0.886. The van der Waals surface area contributed by atoms with Crippen molar-refractivity contribution in [2.45, 2.75) is 19.4 Å². The van der Waals surface area contributed by atoms with Crippen molar-refractivity contribution in [1.29, 1.82) is 0 Å². The number of thioether (sulfide) groups is 1. The molecule has 0 fully saturated rings. The van der Waals surface area contributed by atoms with Gasteiger partial charge in [0.1, 0.15) is 0 Å². The van der Waals surface area contributed by atoms with Crippen LogP contribution in [0.2, 0.25) is 5.02 Å². The van der Waals surface area contributed by atoms with E-state index in [0.717, 1.165) is 18.1 Å². The van der Waals surface area contributed by atoms with Crippen molar-refractivity contribution < 1.29 is 0 Å². The number of thiophene rings is 1. The molecule has 0 saturated carbocycles. The summed E-state index contributed by atoms with van der Waals surface area (Å²) in [6.07, 6.45) is 4.68. The quantitative estimate of drug-likeness (QED) is 0.738. The summed E-state index contributed by atoms with van der Waals surface area (Å²) in [6, 6.07) is 8.33. The van der Waals surface area contributed by atoms with Gasteiger partial charge >= 0.3 is 0 Å². The van der Waals surface area contributed by atoms with Gasteiger partial charge in [0.05, 0.1) is 5.02 Å². The first-order chi connectivity index (χ1) is 8.83. The molecule has 2 aromatic rings. The molecule has 0 saturated heterocycles. The third-order valence-corrected chi connectivity index (χ3v) is 5.25. The van der Waals surface area contributed by atoms with Gasteiger partial charge in [0, 0.05) is 21.5 Å². The van der Waals surface area contributed by atoms with Gasteiger partial charge in [-0.15, -0.1) is 11.3 Å². The van der Waals surface area contributed by atoms with Gasteiger partial charge in [0.2, 0.25) is 0 Å². The summed E-state index contributed by atoms with van der Waals surface area (Å²) in [6.45, 7) is 1.96. The first-order valence-electron chi connectivity index (χ1n) is 6.18. The van der Waals surface area contributed by atoms with Crippen LogP contribution in [0, 0.1) is 0 Å². The first kappa shape index (κ1) is 14.2. The second-order valence-corrected chi connectivity index (χ2v) is 6.71. The van der Waals surface area contributed by atoms with Gasteiger partial charge in [0.15, 0.2) is 0 Å². The number of hydrogen-bond donors (Lipinski definition) is 1. The van der Waals surface area contributed by atoms with Crippen LogP contribution in [0.5, 0.6) is 0 Å². The molecule has 0 amide bonds. The van der Waals surface area contributed by atoms with Crippen molar-refractivity contribution in [1.82, 2.24) is 5.32 Å². The molecule has 18 heavy (non-hydrogen) atoms. The van der Waals surface area contributed by atoms with Gasteiger partial charge in [0.25, 0.3) is 0 Å². The number of fused-ring (bicyclic) bond motifs is 1. The van der Waals surface area contributed by atoms with Crippen molar-refractivity contribution in [3.8, 4) is 0 Å². The van der Waals surface area contributed by atoms with Gasteiger partial charge in [-0.2, -0.15) is 11.8 Å². The van der Waals surface area contributed by atoms with Crippen LogP contribution in [-0.4, -0.2) is 18.6 Å². The highest BCUT2D eigenvalue weighted by Crippen LogP contribution is 2.34. The summed E-state index contributed by atoms with van der Waals surface area (Å²) < 4.78 is 1.28. The van der Waals surface area contributed by atoms with E-state index in [1.54, 1.807) is 11.3 Å². The Labute approximate surface area is 122 Å². The van der Waals surface area contributed by atoms with Gasteiger partial charge in [-0.25, -0.2) is 0 Å². The van der Waals surface area contributed by atoms with E-state index in [9.17, 15) is 0 Å². The molecule has 0 spiro atoms. The molecule has 4 heteroatoms. The highest BCUT2D eigenvalue weighted by Gasteiger charge is 2.08. The molecule has 0 atom stereocenters. The monoisotopic (exact) mass is 299 g/mol. The van der Waals surface area contributed by atoms with Crippen LogP contribution in [-0.2, 0) is 6.54 Å². The van der Waals surface area contributed by atoms with Gasteiger partial charge < -0.3 is 5.32 Å². The second kappa shape index (κ2) is 7.39. The number of benzene rings is 1. The van der Waals surface area contributed by atoms with E-state index >= 15 is 0 Å². The molecule has 2 rings (SSSR count). The van der Waals surface area contributed by atoms with Crippen molar-refractivity contribution in [2.75, 3.05) is 18.6 Å². The SMILES string of the molecule is CSCCCCNCc1sc2ccccc2c1Cl. The number of nitrogens with one attached hydrogen (secondary N) is 1. The number of rotatable bonds is 7. The maximum absolute atomic E-state index is 6.39. The average molecular weight is 300 g/mol. The predicted octanol–water partition coefficient (Wildman–Crippen LogP) is 4.79. The van der Waals surface area contributed by atoms with E-state index in [1.807, 2.05) is 17.8 Å². The van der Waals surface area contributed by atoms with Crippen LogP contribution in [0.25, 0.3) is 10.1 Å². The molecule has 0 bridgehead atoms. The fourth-order valence-corrected chi connectivity index (χ4v) is 3.84. The summed E-state index contributed by atoms with van der Waals surface area (Å²) >= 11 is 10.1. The maximum Gasteiger partial charge on any atom is 0.0636 e. The smallest absolute Gasteiger partial charge is 0.0636 e. The lowest BCUT2D eigenvalue weighted by atomic mass is 10.2. The first-order valence-corrected chi connectivity index (χ1v) is 8.77. The lowest BCUT2D eigenvalue weighted by Gasteiger charge is -2.03. The highest BCUT2D eigenvalue weighted by atomic mass is 35.5. The molecule has 0 aliphatic rings. The maximum atomic E-state index is 6.39. The van der Waals surface area contributed by atoms with Crippen LogP contribution in [0.1, 0.15) is 17.7 Å². The molecule has 1 aromatic carbocycles. The molecule has 1 N–H and O–H groups in total. The van der Waals surface area contributed by atoms with Crippen LogP contribution >= 0.6 is 34.7 Å². The topological polar surface area (TPSA) is 12.0 Å². The lowest BCUT2D eigenvalue weighted by molar-refractivity contribution is 0.649. The molecule has 1 heterocycles. The molecular formula is C14H18ClNS2. The van der Waals surface area contributed by atoms with E-state index in [-0.39, 0.29) is 0 Å². The van der Waals surface area contributed by atoms with Crippen molar-refractivity contribution in [2.24, 2.45) is 0 Å². The predicted molar refractivity (Wildman–Crippen MR) is 86.2 cm³/mol. The standard InChI is InChI=1S/C14H18ClNS2/c1-17-9-5-4-8-16-10-13-14(15)11-6-2-3-7-12(11)18-13/h2-3,6-7,16H,4-5,8-10H2,1H3. The van der Waals surface area contributed by atoms with E-state index < -0.39 is 0 Å². The summed E-state index contributed by atoms with van der Waals surface area (Å²) in [4.78, 5) is 1.25. The molecular weight excluding hydrogens is 282 g/mol. The third-order valence-electron chi connectivity index (χ3n) is 2.84. The summed E-state index contributed by atoms with van der Waals surface area (Å²) in [7, 11) is 0. The number of hydrogen-bond acceptors (Lipinski definition) is 3. The Morgan fingerprint density at radius 2 is 2.11 bits per heavy atom. The van der Waals surface area contributed by atoms with E-state index in [2.05, 4.69) is 29.8 Å². The van der Waals surface area contributed by atoms with Crippen molar-refractivity contribution >= 4 is 44.8 Å². The summed E-state index contributed by atoms with van der Waals surface area (Å²) in [5.74, 6) is 1.26. The van der Waals surface area contributed by atoms with Gasteiger partial charge in [-0.1, -0.05) is 29.8 Å². The van der Waals surface area contributed by atoms with E-state index in [4.69, 9.17) is 11.6 Å². The Hall–Kier alpha value is -0.220. The van der Waals surface area contributed by atoms with Gasteiger partial charge in [-0.3, -0.25) is 0 Å². The Kier molecular flexibility index (Phi) is 5.83. The molecule has 1 nitrogen and oxygen atoms in total. The van der Waals surface area contributed by atoms with Crippen LogP contribution in [0.15, 0.2) is 24.3 Å². The van der Waals surface area contributed by atoms with Crippen molar-refractivity contribution in [3.63, 3.8) is 0 Å². The Balaban J connectivity index is 1.86. The Morgan fingerprint density at radius 1 is 1.28 bits per heavy atom.